The molecule has 21 heavy (non-hydrogen) atoms. The van der Waals surface area contributed by atoms with E-state index in [0.717, 1.165) is 5.57 Å². The number of furan rings is 1. The second-order valence-electron chi connectivity index (χ2n) is 4.07. The predicted molar refractivity (Wildman–Crippen MR) is 85.7 cm³/mol. The summed E-state index contributed by atoms with van der Waals surface area (Å²) in [6.45, 7) is 9.46. The van der Waals surface area contributed by atoms with Gasteiger partial charge in [-0.15, -0.1) is 0 Å². The Kier molecular flexibility index (Phi) is 6.81. The molecular formula is C17H21NO3. The molecule has 0 saturated heterocycles. The molecule has 0 atom stereocenters. The zero-order valence-electron chi connectivity index (χ0n) is 12.7. The highest BCUT2D eigenvalue weighted by Crippen LogP contribution is 2.23. The van der Waals surface area contributed by atoms with E-state index in [1.807, 2.05) is 31.2 Å². The van der Waals surface area contributed by atoms with Gasteiger partial charge < -0.3 is 14.5 Å². The highest BCUT2D eigenvalue weighted by atomic mass is 16.5. The van der Waals surface area contributed by atoms with Gasteiger partial charge in [-0.25, -0.2) is 4.79 Å². The number of carbonyl (C=O) groups excluding carboxylic acids is 1. The van der Waals surface area contributed by atoms with Crippen LogP contribution in [0, 0.1) is 0 Å². The van der Waals surface area contributed by atoms with Crippen molar-refractivity contribution in [2.24, 2.45) is 0 Å². The van der Waals surface area contributed by atoms with Gasteiger partial charge in [0.15, 0.2) is 5.88 Å². The van der Waals surface area contributed by atoms with Gasteiger partial charge in [-0.05, 0) is 26.8 Å². The molecule has 0 amide bonds. The average Bonchev–Trinajstić information content (AvgIpc) is 2.93. The van der Waals surface area contributed by atoms with Crippen LogP contribution >= 0.6 is 0 Å². The van der Waals surface area contributed by atoms with Crippen LogP contribution in [0.25, 0.3) is 5.57 Å². The monoisotopic (exact) mass is 287 g/mol. The van der Waals surface area contributed by atoms with Crippen molar-refractivity contribution in [2.45, 2.75) is 20.8 Å². The molecule has 0 unspecified atom stereocenters. The highest BCUT2D eigenvalue weighted by molar-refractivity contribution is 5.91. The summed E-state index contributed by atoms with van der Waals surface area (Å²) in [7, 11) is 0. The van der Waals surface area contributed by atoms with E-state index in [4.69, 9.17) is 9.15 Å². The van der Waals surface area contributed by atoms with Gasteiger partial charge in [0.2, 0.25) is 0 Å². The number of nitrogens with one attached hydrogen (secondary N) is 1. The largest absolute Gasteiger partial charge is 0.461 e. The van der Waals surface area contributed by atoms with Crippen molar-refractivity contribution in [3.63, 3.8) is 0 Å². The van der Waals surface area contributed by atoms with Crippen molar-refractivity contribution in [2.75, 3.05) is 11.9 Å². The Morgan fingerprint density at radius 3 is 2.76 bits per heavy atom. The molecule has 4 nitrogen and oxygen atoms in total. The highest BCUT2D eigenvalue weighted by Gasteiger charge is 2.12. The van der Waals surface area contributed by atoms with Crippen LogP contribution in [0.5, 0.6) is 0 Å². The molecule has 1 aromatic rings. The van der Waals surface area contributed by atoms with Crippen LogP contribution in [0.15, 0.2) is 59.2 Å². The third-order valence-corrected chi connectivity index (χ3v) is 2.58. The van der Waals surface area contributed by atoms with Crippen molar-refractivity contribution < 1.29 is 13.9 Å². The van der Waals surface area contributed by atoms with Crippen molar-refractivity contribution in [1.82, 2.24) is 0 Å². The van der Waals surface area contributed by atoms with Gasteiger partial charge in [-0.1, -0.05) is 37.0 Å². The number of hydrogen-bond acceptors (Lipinski definition) is 4. The fraction of sp³-hybridized carbons (Fsp3) is 0.235. The van der Waals surface area contributed by atoms with Crippen molar-refractivity contribution in [3.8, 4) is 0 Å². The number of rotatable bonds is 7. The number of ether oxygens (including phenoxy) is 1. The predicted octanol–water partition coefficient (Wildman–Crippen LogP) is 4.30. The molecule has 0 aliphatic carbocycles. The van der Waals surface area contributed by atoms with Crippen LogP contribution in [-0.2, 0) is 9.53 Å². The van der Waals surface area contributed by atoms with E-state index in [2.05, 4.69) is 11.9 Å². The van der Waals surface area contributed by atoms with E-state index in [1.54, 1.807) is 32.1 Å². The first-order valence-electron chi connectivity index (χ1n) is 6.82. The Bertz CT molecular complexity index is 577. The maximum atomic E-state index is 11.7. The molecule has 1 heterocycles. The van der Waals surface area contributed by atoms with Crippen molar-refractivity contribution >= 4 is 17.4 Å². The van der Waals surface area contributed by atoms with Crippen molar-refractivity contribution in [1.29, 1.82) is 0 Å². The van der Waals surface area contributed by atoms with Gasteiger partial charge in [0.25, 0.3) is 0 Å². The summed E-state index contributed by atoms with van der Waals surface area (Å²) in [5.41, 5.74) is 1.25. The first kappa shape index (κ1) is 16.6. The number of esters is 1. The molecule has 1 N–H and O–H groups in total. The molecular weight excluding hydrogens is 266 g/mol. The van der Waals surface area contributed by atoms with Gasteiger partial charge in [-0.3, -0.25) is 0 Å². The number of hydrogen-bond donors (Lipinski definition) is 1. The van der Waals surface area contributed by atoms with Crippen LogP contribution < -0.4 is 5.32 Å². The molecule has 0 fully saturated rings. The molecule has 0 aliphatic rings. The summed E-state index contributed by atoms with van der Waals surface area (Å²) in [4.78, 5) is 11.7. The lowest BCUT2D eigenvalue weighted by Gasteiger charge is -2.07. The van der Waals surface area contributed by atoms with E-state index in [-0.39, 0.29) is 0 Å². The minimum atomic E-state index is -0.409. The Balaban J connectivity index is 2.90. The number of anilines is 1. The average molecular weight is 287 g/mol. The Morgan fingerprint density at radius 2 is 2.19 bits per heavy atom. The normalized spacial score (nSPS) is 12.5. The summed E-state index contributed by atoms with van der Waals surface area (Å²) in [5, 5.41) is 2.92. The first-order valence-corrected chi connectivity index (χ1v) is 6.82. The summed E-state index contributed by atoms with van der Waals surface area (Å²) in [6.07, 6.45) is 9.03. The lowest BCUT2D eigenvalue weighted by molar-refractivity contribution is -0.138. The van der Waals surface area contributed by atoms with E-state index < -0.39 is 5.97 Å². The molecule has 1 aromatic heterocycles. The van der Waals surface area contributed by atoms with E-state index >= 15 is 0 Å². The Labute approximate surface area is 125 Å². The molecule has 112 valence electrons. The zero-order chi connectivity index (χ0) is 15.7. The quantitative estimate of drug-likeness (QED) is 0.461. The van der Waals surface area contributed by atoms with Crippen LogP contribution in [0.2, 0.25) is 0 Å². The Hall–Kier alpha value is -2.49. The summed E-state index contributed by atoms with van der Waals surface area (Å²) < 4.78 is 10.6. The second-order valence-corrected chi connectivity index (χ2v) is 4.07. The molecule has 0 aromatic carbocycles. The van der Waals surface area contributed by atoms with Crippen LogP contribution in [0.1, 0.15) is 26.5 Å². The summed E-state index contributed by atoms with van der Waals surface area (Å²) >= 11 is 0. The third kappa shape index (κ3) is 4.84. The fourth-order valence-electron chi connectivity index (χ4n) is 1.67. The molecule has 1 rings (SSSR count). The third-order valence-electron chi connectivity index (χ3n) is 2.58. The number of carbonyl (C=O) groups is 1. The lowest BCUT2D eigenvalue weighted by Crippen LogP contribution is -2.14. The van der Waals surface area contributed by atoms with E-state index in [9.17, 15) is 4.79 Å². The lowest BCUT2D eigenvalue weighted by atomic mass is 10.2. The first-order chi connectivity index (χ1) is 10.2. The number of allylic oxidation sites excluding steroid dienone is 6. The van der Waals surface area contributed by atoms with Gasteiger partial charge in [0.05, 0.1) is 6.61 Å². The van der Waals surface area contributed by atoms with Gasteiger partial charge in [0, 0.05) is 11.6 Å². The van der Waals surface area contributed by atoms with Gasteiger partial charge in [-0.2, -0.15) is 0 Å². The summed E-state index contributed by atoms with van der Waals surface area (Å²) in [5.74, 6) is 0.758. The topological polar surface area (TPSA) is 51.5 Å². The molecule has 0 spiro atoms. The van der Waals surface area contributed by atoms with Crippen LogP contribution in [-0.4, -0.2) is 12.6 Å². The van der Waals surface area contributed by atoms with Crippen LogP contribution in [0.3, 0.4) is 0 Å². The van der Waals surface area contributed by atoms with Gasteiger partial charge >= 0.3 is 5.97 Å². The molecule has 4 heteroatoms. The van der Waals surface area contributed by atoms with E-state index in [0.29, 0.717) is 23.9 Å². The minimum absolute atomic E-state index is 0.328. The second kappa shape index (κ2) is 8.64. The fourth-order valence-corrected chi connectivity index (χ4v) is 1.67. The SMILES string of the molecule is C=C/C=C(\C=C/C)c1ccc(N/C(=C\C)C(=O)OCC)o1. The standard InChI is InChI=1S/C17H21NO3/c1-5-9-13(10-6-2)15-11-12-16(21-15)18-14(7-3)17(19)20-8-4/h5-7,9-12,18H,1,8H2,2-4H3/b10-6-,13-9+,14-7-. The molecule has 0 aliphatic heterocycles. The van der Waals surface area contributed by atoms with Gasteiger partial charge in [0.1, 0.15) is 11.5 Å². The maximum absolute atomic E-state index is 11.7. The van der Waals surface area contributed by atoms with Crippen molar-refractivity contribution in [3.05, 3.63) is 60.5 Å². The zero-order valence-corrected chi connectivity index (χ0v) is 12.7. The molecule has 0 bridgehead atoms. The molecule has 0 saturated carbocycles. The van der Waals surface area contributed by atoms with Crippen LogP contribution in [0.4, 0.5) is 5.88 Å². The maximum Gasteiger partial charge on any atom is 0.354 e. The molecule has 0 radical (unpaired) electrons. The smallest absolute Gasteiger partial charge is 0.354 e. The van der Waals surface area contributed by atoms with E-state index in [1.165, 1.54) is 0 Å². The Morgan fingerprint density at radius 1 is 1.43 bits per heavy atom. The minimum Gasteiger partial charge on any atom is -0.461 e. The summed E-state index contributed by atoms with van der Waals surface area (Å²) in [6, 6.07) is 3.59.